The zero-order valence-corrected chi connectivity index (χ0v) is 16.4. The summed E-state index contributed by atoms with van der Waals surface area (Å²) in [6.07, 6.45) is 1.00. The topological polar surface area (TPSA) is 64.1 Å². The van der Waals surface area contributed by atoms with Crippen molar-refractivity contribution in [2.75, 3.05) is 43.0 Å². The standard InChI is InChI=1S/C22H21F2N3O3/c1-25-6-8-26(9-7-25)20-12-19-14(10-18(20)24)11-21(28)17(22(29)30)13-27(19)16-4-2-15(23)3-5-16/h2-5,10,12-13H,6-9,11H2,1H3,(H,29,30). The van der Waals surface area contributed by atoms with Crippen molar-refractivity contribution in [1.29, 1.82) is 0 Å². The predicted molar refractivity (Wildman–Crippen MR) is 109 cm³/mol. The Labute approximate surface area is 172 Å². The normalized spacial score (nSPS) is 17.4. The van der Waals surface area contributed by atoms with Crippen molar-refractivity contribution in [1.82, 2.24) is 4.90 Å². The van der Waals surface area contributed by atoms with Gasteiger partial charge in [0.15, 0.2) is 5.78 Å². The van der Waals surface area contributed by atoms with Gasteiger partial charge in [0.2, 0.25) is 0 Å². The highest BCUT2D eigenvalue weighted by atomic mass is 19.1. The van der Waals surface area contributed by atoms with Crippen LogP contribution in [0.2, 0.25) is 0 Å². The van der Waals surface area contributed by atoms with Gasteiger partial charge in [0.05, 0.1) is 11.4 Å². The molecule has 1 saturated heterocycles. The van der Waals surface area contributed by atoms with Crippen molar-refractivity contribution in [3.63, 3.8) is 0 Å². The summed E-state index contributed by atoms with van der Waals surface area (Å²) in [5.41, 5.74) is 1.35. The van der Waals surface area contributed by atoms with Crippen LogP contribution < -0.4 is 9.80 Å². The first-order valence-corrected chi connectivity index (χ1v) is 9.62. The van der Waals surface area contributed by atoms with Crippen LogP contribution in [0, 0.1) is 11.6 Å². The second kappa shape index (κ2) is 7.87. The molecule has 2 aromatic rings. The molecular weight excluding hydrogens is 392 g/mol. The number of ketones is 1. The second-order valence-corrected chi connectivity index (χ2v) is 7.52. The van der Waals surface area contributed by atoms with E-state index in [9.17, 15) is 23.5 Å². The third-order valence-electron chi connectivity index (χ3n) is 5.50. The highest BCUT2D eigenvalue weighted by molar-refractivity contribution is 6.18. The fraction of sp³-hybridized carbons (Fsp3) is 0.273. The van der Waals surface area contributed by atoms with Crippen LogP contribution in [0.1, 0.15) is 5.56 Å². The quantitative estimate of drug-likeness (QED) is 0.781. The van der Waals surface area contributed by atoms with Gasteiger partial charge >= 0.3 is 5.97 Å². The number of carboxylic acids is 1. The number of benzene rings is 2. The van der Waals surface area contributed by atoms with E-state index in [0.717, 1.165) is 13.1 Å². The smallest absolute Gasteiger partial charge is 0.340 e. The molecule has 8 heteroatoms. The third kappa shape index (κ3) is 3.78. The summed E-state index contributed by atoms with van der Waals surface area (Å²) < 4.78 is 28.4. The van der Waals surface area contributed by atoms with Crippen LogP contribution in [0.3, 0.4) is 0 Å². The summed E-state index contributed by atoms with van der Waals surface area (Å²) in [7, 11) is 2.00. The predicted octanol–water partition coefficient (Wildman–Crippen LogP) is 2.95. The summed E-state index contributed by atoms with van der Waals surface area (Å²) >= 11 is 0. The Bertz CT molecular complexity index is 1030. The Kier molecular flexibility index (Phi) is 5.26. The van der Waals surface area contributed by atoms with Gasteiger partial charge in [-0.2, -0.15) is 0 Å². The number of anilines is 3. The molecule has 156 valence electrons. The molecule has 4 rings (SSSR count). The summed E-state index contributed by atoms with van der Waals surface area (Å²) in [6, 6.07) is 8.43. The molecule has 0 unspecified atom stereocenters. The van der Waals surface area contributed by atoms with E-state index in [1.807, 2.05) is 11.9 Å². The Morgan fingerprint density at radius 2 is 1.67 bits per heavy atom. The first-order chi connectivity index (χ1) is 14.3. The van der Waals surface area contributed by atoms with Crippen LogP contribution in [0.25, 0.3) is 0 Å². The van der Waals surface area contributed by atoms with Gasteiger partial charge in [0, 0.05) is 44.5 Å². The largest absolute Gasteiger partial charge is 0.478 e. The molecule has 2 heterocycles. The SMILES string of the molecule is CN1CCN(c2cc3c(cc2F)CC(=O)C(C(=O)O)=CN3c2ccc(F)cc2)CC1. The number of fused-ring (bicyclic) bond motifs is 1. The van der Waals surface area contributed by atoms with Crippen LogP contribution in [-0.2, 0) is 16.0 Å². The van der Waals surface area contributed by atoms with Crippen molar-refractivity contribution < 1.29 is 23.5 Å². The Morgan fingerprint density at radius 1 is 1.00 bits per heavy atom. The van der Waals surface area contributed by atoms with E-state index >= 15 is 0 Å². The van der Waals surface area contributed by atoms with E-state index < -0.39 is 29.0 Å². The fourth-order valence-corrected chi connectivity index (χ4v) is 3.78. The molecule has 0 radical (unpaired) electrons. The first kappa shape index (κ1) is 20.0. The third-order valence-corrected chi connectivity index (χ3v) is 5.50. The zero-order valence-electron chi connectivity index (χ0n) is 16.4. The summed E-state index contributed by atoms with van der Waals surface area (Å²) in [4.78, 5) is 29.8. The van der Waals surface area contributed by atoms with Crippen LogP contribution in [0.4, 0.5) is 25.8 Å². The number of hydrogen-bond acceptors (Lipinski definition) is 5. The molecule has 30 heavy (non-hydrogen) atoms. The number of aliphatic carboxylic acids is 1. The van der Waals surface area contributed by atoms with Gasteiger partial charge in [0.1, 0.15) is 17.2 Å². The lowest BCUT2D eigenvalue weighted by molar-refractivity contribution is -0.134. The monoisotopic (exact) mass is 413 g/mol. The molecule has 6 nitrogen and oxygen atoms in total. The number of likely N-dealkylation sites (N-methyl/N-ethyl adjacent to an activating group) is 1. The Hall–Kier alpha value is -3.26. The molecule has 0 saturated carbocycles. The lowest BCUT2D eigenvalue weighted by Crippen LogP contribution is -2.44. The Balaban J connectivity index is 1.85. The van der Waals surface area contributed by atoms with E-state index in [1.165, 1.54) is 41.4 Å². The van der Waals surface area contributed by atoms with Crippen LogP contribution >= 0.6 is 0 Å². The summed E-state index contributed by atoms with van der Waals surface area (Å²) in [5.74, 6) is -2.87. The fourth-order valence-electron chi connectivity index (χ4n) is 3.78. The van der Waals surface area contributed by atoms with Gasteiger partial charge in [-0.05, 0) is 49.0 Å². The maximum atomic E-state index is 15.0. The number of halogens is 2. The summed E-state index contributed by atoms with van der Waals surface area (Å²) in [5, 5.41) is 9.50. The van der Waals surface area contributed by atoms with Gasteiger partial charge in [0.25, 0.3) is 0 Å². The van der Waals surface area contributed by atoms with Gasteiger partial charge in [-0.15, -0.1) is 0 Å². The highest BCUT2D eigenvalue weighted by Crippen LogP contribution is 2.37. The molecule has 1 N–H and O–H groups in total. The molecular formula is C22H21F2N3O3. The number of carboxylic acid groups (broad SMARTS) is 1. The Morgan fingerprint density at radius 3 is 2.30 bits per heavy atom. The maximum Gasteiger partial charge on any atom is 0.340 e. The molecule has 2 aliphatic heterocycles. The van der Waals surface area contributed by atoms with Crippen molar-refractivity contribution in [3.8, 4) is 0 Å². The number of nitrogens with zero attached hydrogens (tertiary/aromatic N) is 3. The molecule has 0 aliphatic carbocycles. The lowest BCUT2D eigenvalue weighted by Gasteiger charge is -2.35. The average molecular weight is 413 g/mol. The van der Waals surface area contributed by atoms with Crippen LogP contribution in [-0.4, -0.2) is 55.0 Å². The highest BCUT2D eigenvalue weighted by Gasteiger charge is 2.29. The molecule has 1 fully saturated rings. The van der Waals surface area contributed by atoms with E-state index in [-0.39, 0.29) is 6.42 Å². The van der Waals surface area contributed by atoms with Gasteiger partial charge < -0.3 is 19.8 Å². The number of piperazine rings is 1. The van der Waals surface area contributed by atoms with Crippen molar-refractivity contribution in [2.45, 2.75) is 6.42 Å². The minimum atomic E-state index is -1.36. The van der Waals surface area contributed by atoms with Gasteiger partial charge in [-0.1, -0.05) is 0 Å². The van der Waals surface area contributed by atoms with Gasteiger partial charge in [-0.25, -0.2) is 13.6 Å². The molecule has 0 spiro atoms. The maximum absolute atomic E-state index is 15.0. The molecule has 2 aliphatic rings. The van der Waals surface area contributed by atoms with Crippen molar-refractivity contribution in [2.24, 2.45) is 0 Å². The first-order valence-electron chi connectivity index (χ1n) is 9.62. The summed E-state index contributed by atoms with van der Waals surface area (Å²) in [6.45, 7) is 2.88. The molecule has 0 bridgehead atoms. The van der Waals surface area contributed by atoms with E-state index in [0.29, 0.717) is 35.7 Å². The van der Waals surface area contributed by atoms with E-state index in [2.05, 4.69) is 4.90 Å². The molecule has 0 amide bonds. The van der Waals surface area contributed by atoms with Gasteiger partial charge in [-0.3, -0.25) is 4.79 Å². The number of Topliss-reactive ketones (excluding diaryl/α,β-unsaturated/α-hetero) is 1. The average Bonchev–Trinajstić information content (AvgIpc) is 2.84. The second-order valence-electron chi connectivity index (χ2n) is 7.52. The molecule has 0 atom stereocenters. The van der Waals surface area contributed by atoms with Crippen molar-refractivity contribution in [3.05, 3.63) is 65.4 Å². The van der Waals surface area contributed by atoms with E-state index in [4.69, 9.17) is 0 Å². The lowest BCUT2D eigenvalue weighted by atomic mass is 10.0. The zero-order chi connectivity index (χ0) is 21.4. The minimum absolute atomic E-state index is 0.231. The number of carbonyl (C=O) groups excluding carboxylic acids is 1. The van der Waals surface area contributed by atoms with Crippen LogP contribution in [0.5, 0.6) is 0 Å². The number of rotatable bonds is 3. The number of hydrogen-bond donors (Lipinski definition) is 1. The van der Waals surface area contributed by atoms with Crippen LogP contribution in [0.15, 0.2) is 48.2 Å². The van der Waals surface area contributed by atoms with Crippen molar-refractivity contribution >= 4 is 28.8 Å². The van der Waals surface area contributed by atoms with E-state index in [1.54, 1.807) is 6.07 Å². The number of carbonyl (C=O) groups is 2. The minimum Gasteiger partial charge on any atom is -0.478 e. The molecule has 0 aromatic heterocycles. The molecule has 2 aromatic carbocycles.